The van der Waals surface area contributed by atoms with Crippen molar-refractivity contribution in [2.24, 2.45) is 5.92 Å². The zero-order valence-electron chi connectivity index (χ0n) is 11.9. The van der Waals surface area contributed by atoms with Crippen LogP contribution >= 0.6 is 0 Å². The molecule has 1 saturated carbocycles. The molecule has 106 valence electrons. The van der Waals surface area contributed by atoms with Crippen molar-refractivity contribution in [2.45, 2.75) is 44.9 Å². The van der Waals surface area contributed by atoms with Crippen molar-refractivity contribution >= 4 is 0 Å². The van der Waals surface area contributed by atoms with Crippen LogP contribution in [0.4, 0.5) is 0 Å². The molecule has 1 aliphatic rings. The smallest absolute Gasteiger partial charge is 0.119 e. The van der Waals surface area contributed by atoms with Crippen LogP contribution in [0.1, 0.15) is 44.9 Å². The first kappa shape index (κ1) is 14.4. The molecule has 19 heavy (non-hydrogen) atoms. The topological polar surface area (TPSA) is 21.3 Å². The van der Waals surface area contributed by atoms with Crippen molar-refractivity contribution in [3.05, 3.63) is 30.3 Å². The van der Waals surface area contributed by atoms with E-state index in [1.54, 1.807) is 0 Å². The van der Waals surface area contributed by atoms with Gasteiger partial charge in [0.1, 0.15) is 5.75 Å². The maximum atomic E-state index is 5.65. The van der Waals surface area contributed by atoms with Crippen molar-refractivity contribution in [1.29, 1.82) is 0 Å². The molecule has 0 aromatic heterocycles. The van der Waals surface area contributed by atoms with Crippen molar-refractivity contribution in [3.63, 3.8) is 0 Å². The molecular formula is C17H27NO. The van der Waals surface area contributed by atoms with Gasteiger partial charge in [0.2, 0.25) is 0 Å². The van der Waals surface area contributed by atoms with Crippen LogP contribution in [0.15, 0.2) is 30.3 Å². The highest BCUT2D eigenvalue weighted by molar-refractivity contribution is 5.20. The molecule has 0 atom stereocenters. The lowest BCUT2D eigenvalue weighted by Gasteiger charge is -2.09. The fourth-order valence-corrected chi connectivity index (χ4v) is 2.84. The lowest BCUT2D eigenvalue weighted by Crippen LogP contribution is -2.19. The summed E-state index contributed by atoms with van der Waals surface area (Å²) in [6.07, 6.45) is 9.73. The van der Waals surface area contributed by atoms with E-state index in [1.807, 2.05) is 30.3 Å². The fourth-order valence-electron chi connectivity index (χ4n) is 2.84. The molecule has 1 aliphatic carbocycles. The molecule has 0 aliphatic heterocycles. The average Bonchev–Trinajstić information content (AvgIpc) is 2.96. The molecule has 0 spiro atoms. The summed E-state index contributed by atoms with van der Waals surface area (Å²) in [5.41, 5.74) is 0. The highest BCUT2D eigenvalue weighted by Gasteiger charge is 2.13. The van der Waals surface area contributed by atoms with Crippen molar-refractivity contribution in [2.75, 3.05) is 19.7 Å². The van der Waals surface area contributed by atoms with Crippen molar-refractivity contribution in [3.8, 4) is 5.75 Å². The molecule has 0 bridgehead atoms. The molecule has 2 rings (SSSR count). The summed E-state index contributed by atoms with van der Waals surface area (Å²) < 4.78 is 5.65. The number of para-hydroxylation sites is 1. The van der Waals surface area contributed by atoms with Gasteiger partial charge in [-0.1, -0.05) is 43.9 Å². The van der Waals surface area contributed by atoms with Gasteiger partial charge in [-0.3, -0.25) is 0 Å². The summed E-state index contributed by atoms with van der Waals surface area (Å²) in [5.74, 6) is 2.01. The third-order valence-electron chi connectivity index (χ3n) is 3.95. The zero-order chi connectivity index (χ0) is 13.2. The molecule has 1 N–H and O–H groups in total. The molecule has 2 heteroatoms. The monoisotopic (exact) mass is 261 g/mol. The molecule has 0 heterocycles. The molecule has 1 aromatic carbocycles. The first-order chi connectivity index (χ1) is 9.45. The Kier molecular flexibility index (Phi) is 6.80. The second-order valence-electron chi connectivity index (χ2n) is 5.56. The van der Waals surface area contributed by atoms with Crippen LogP contribution in [-0.4, -0.2) is 19.7 Å². The lowest BCUT2D eigenvalue weighted by atomic mass is 10.0. The van der Waals surface area contributed by atoms with Gasteiger partial charge in [0.25, 0.3) is 0 Å². The third-order valence-corrected chi connectivity index (χ3v) is 3.95. The Bertz CT molecular complexity index is 319. The van der Waals surface area contributed by atoms with Crippen LogP contribution in [0.5, 0.6) is 5.75 Å². The largest absolute Gasteiger partial charge is 0.494 e. The Balaban J connectivity index is 1.38. The summed E-state index contributed by atoms with van der Waals surface area (Å²) in [7, 11) is 0. The summed E-state index contributed by atoms with van der Waals surface area (Å²) in [4.78, 5) is 0. The molecule has 0 saturated heterocycles. The Morgan fingerprint density at radius 3 is 2.53 bits per heavy atom. The number of benzene rings is 1. The number of hydrogen-bond donors (Lipinski definition) is 1. The quantitative estimate of drug-likeness (QED) is 0.678. The molecule has 1 fully saturated rings. The number of hydrogen-bond acceptors (Lipinski definition) is 2. The van der Waals surface area contributed by atoms with Crippen molar-refractivity contribution in [1.82, 2.24) is 5.32 Å². The van der Waals surface area contributed by atoms with E-state index in [2.05, 4.69) is 5.32 Å². The Labute approximate surface area is 117 Å². The highest BCUT2D eigenvalue weighted by atomic mass is 16.5. The lowest BCUT2D eigenvalue weighted by molar-refractivity contribution is 0.307. The molecule has 0 radical (unpaired) electrons. The highest BCUT2D eigenvalue weighted by Crippen LogP contribution is 2.28. The Hall–Kier alpha value is -1.02. The van der Waals surface area contributed by atoms with Crippen LogP contribution in [0, 0.1) is 5.92 Å². The van der Waals surface area contributed by atoms with E-state index >= 15 is 0 Å². The maximum absolute atomic E-state index is 5.65. The number of nitrogens with one attached hydrogen (secondary N) is 1. The first-order valence-corrected chi connectivity index (χ1v) is 7.84. The molecule has 0 amide bonds. The van der Waals surface area contributed by atoms with Gasteiger partial charge in [-0.15, -0.1) is 0 Å². The van der Waals surface area contributed by atoms with Gasteiger partial charge in [0, 0.05) is 0 Å². The van der Waals surface area contributed by atoms with E-state index in [0.717, 1.165) is 31.2 Å². The minimum Gasteiger partial charge on any atom is -0.494 e. The van der Waals surface area contributed by atoms with E-state index in [1.165, 1.54) is 45.1 Å². The fraction of sp³-hybridized carbons (Fsp3) is 0.647. The van der Waals surface area contributed by atoms with Gasteiger partial charge < -0.3 is 10.1 Å². The van der Waals surface area contributed by atoms with Gasteiger partial charge in [-0.25, -0.2) is 0 Å². The predicted molar refractivity (Wildman–Crippen MR) is 80.6 cm³/mol. The first-order valence-electron chi connectivity index (χ1n) is 7.84. The summed E-state index contributed by atoms with van der Waals surface area (Å²) >= 11 is 0. The minimum atomic E-state index is 0.805. The third kappa shape index (κ3) is 6.11. The van der Waals surface area contributed by atoms with E-state index < -0.39 is 0 Å². The summed E-state index contributed by atoms with van der Waals surface area (Å²) in [6, 6.07) is 10.1. The molecular weight excluding hydrogens is 234 g/mol. The van der Waals surface area contributed by atoms with Crippen LogP contribution in [0.25, 0.3) is 0 Å². The molecule has 0 unspecified atom stereocenters. The van der Waals surface area contributed by atoms with Crippen LogP contribution in [-0.2, 0) is 0 Å². The SMILES string of the molecule is c1ccc(OCCCNCCCC2CCCC2)cc1. The van der Waals surface area contributed by atoms with Crippen LogP contribution < -0.4 is 10.1 Å². The zero-order valence-corrected chi connectivity index (χ0v) is 11.9. The minimum absolute atomic E-state index is 0.805. The standard InChI is InChI=1S/C17H27NO/c1-2-11-17(12-3-1)19-15-7-14-18-13-6-10-16-8-4-5-9-16/h1-3,11-12,16,18H,4-10,13-15H2. The van der Waals surface area contributed by atoms with Crippen LogP contribution in [0.2, 0.25) is 0 Å². The maximum Gasteiger partial charge on any atom is 0.119 e. The molecule has 1 aromatic rings. The Morgan fingerprint density at radius 1 is 1.00 bits per heavy atom. The molecule has 2 nitrogen and oxygen atoms in total. The predicted octanol–water partition coefficient (Wildman–Crippen LogP) is 4.02. The van der Waals surface area contributed by atoms with Gasteiger partial charge in [-0.05, 0) is 50.4 Å². The van der Waals surface area contributed by atoms with Crippen molar-refractivity contribution < 1.29 is 4.74 Å². The second-order valence-corrected chi connectivity index (χ2v) is 5.56. The normalized spacial score (nSPS) is 15.8. The van der Waals surface area contributed by atoms with Gasteiger partial charge >= 0.3 is 0 Å². The van der Waals surface area contributed by atoms with E-state index in [-0.39, 0.29) is 0 Å². The summed E-state index contributed by atoms with van der Waals surface area (Å²) in [5, 5.41) is 3.52. The van der Waals surface area contributed by atoms with Gasteiger partial charge in [-0.2, -0.15) is 0 Å². The van der Waals surface area contributed by atoms with E-state index in [0.29, 0.717) is 0 Å². The van der Waals surface area contributed by atoms with Gasteiger partial charge in [0.05, 0.1) is 6.61 Å². The summed E-state index contributed by atoms with van der Waals surface area (Å²) in [6.45, 7) is 3.04. The van der Waals surface area contributed by atoms with Crippen LogP contribution in [0.3, 0.4) is 0 Å². The average molecular weight is 261 g/mol. The van der Waals surface area contributed by atoms with E-state index in [4.69, 9.17) is 4.74 Å². The second kappa shape index (κ2) is 8.98. The Morgan fingerprint density at radius 2 is 1.74 bits per heavy atom. The number of ether oxygens (including phenoxy) is 1. The van der Waals surface area contributed by atoms with E-state index in [9.17, 15) is 0 Å². The van der Waals surface area contributed by atoms with Gasteiger partial charge in [0.15, 0.2) is 0 Å². The number of rotatable bonds is 9.